The van der Waals surface area contributed by atoms with Crippen molar-refractivity contribution in [2.45, 2.75) is 44.8 Å². The molecule has 4 aromatic rings. The normalized spacial score (nSPS) is 18.6. The molecular formula is C26H25N3OS. The summed E-state index contributed by atoms with van der Waals surface area (Å²) in [4.78, 5) is 17.0. The molecule has 0 saturated heterocycles. The molecule has 1 aliphatic heterocycles. The van der Waals surface area contributed by atoms with Gasteiger partial charge in [0.25, 0.3) is 5.91 Å². The number of carbonyl (C=O) groups excluding carboxylic acids is 1. The van der Waals surface area contributed by atoms with E-state index in [-0.39, 0.29) is 5.91 Å². The van der Waals surface area contributed by atoms with Crippen molar-refractivity contribution in [1.82, 2.24) is 15.6 Å². The number of rotatable bonds is 4. The van der Waals surface area contributed by atoms with Crippen molar-refractivity contribution in [3.8, 4) is 11.1 Å². The number of carbonyl (C=O) groups is 1. The molecular weight excluding hydrogens is 402 g/mol. The van der Waals surface area contributed by atoms with Gasteiger partial charge >= 0.3 is 0 Å². The van der Waals surface area contributed by atoms with E-state index in [9.17, 15) is 4.79 Å². The third kappa shape index (κ3) is 3.20. The van der Waals surface area contributed by atoms with E-state index in [1.165, 1.54) is 44.6 Å². The molecule has 0 spiro atoms. The largest absolute Gasteiger partial charge is 0.357 e. The first-order valence-electron chi connectivity index (χ1n) is 11.0. The number of hydrogen-bond acceptors (Lipinski definition) is 3. The van der Waals surface area contributed by atoms with Gasteiger partial charge in [-0.05, 0) is 84.2 Å². The van der Waals surface area contributed by atoms with Gasteiger partial charge in [-0.2, -0.15) is 0 Å². The minimum atomic E-state index is 0.0343. The van der Waals surface area contributed by atoms with Crippen LogP contribution < -0.4 is 10.6 Å². The quantitative estimate of drug-likeness (QED) is 0.382. The fourth-order valence-corrected chi connectivity index (χ4v) is 5.89. The zero-order valence-corrected chi connectivity index (χ0v) is 18.3. The van der Waals surface area contributed by atoms with E-state index in [4.69, 9.17) is 0 Å². The zero-order valence-electron chi connectivity index (χ0n) is 17.5. The zero-order chi connectivity index (χ0) is 20.9. The Morgan fingerprint density at radius 1 is 1.13 bits per heavy atom. The smallest absolute Gasteiger partial charge is 0.251 e. The minimum Gasteiger partial charge on any atom is -0.357 e. The van der Waals surface area contributed by atoms with Crippen molar-refractivity contribution in [2.75, 3.05) is 0 Å². The Labute approximate surface area is 185 Å². The number of fused-ring (bicyclic) bond motifs is 4. The Hall–Kier alpha value is -2.89. The maximum atomic E-state index is 11.9. The van der Waals surface area contributed by atoms with Crippen LogP contribution in [-0.2, 0) is 13.0 Å². The van der Waals surface area contributed by atoms with Gasteiger partial charge in [0.05, 0.1) is 0 Å². The first kappa shape index (κ1) is 18.8. The second kappa shape index (κ2) is 7.36. The summed E-state index contributed by atoms with van der Waals surface area (Å²) in [5.74, 6) is 0.0343. The van der Waals surface area contributed by atoms with Gasteiger partial charge in [-0.15, -0.1) is 11.3 Å². The maximum Gasteiger partial charge on any atom is 0.251 e. The molecule has 2 aliphatic rings. The van der Waals surface area contributed by atoms with Crippen LogP contribution in [0.3, 0.4) is 0 Å². The van der Waals surface area contributed by atoms with Gasteiger partial charge < -0.3 is 15.6 Å². The van der Waals surface area contributed by atoms with Crippen molar-refractivity contribution < 1.29 is 4.79 Å². The average Bonchev–Trinajstić information content (AvgIpc) is 3.53. The van der Waals surface area contributed by atoms with Crippen LogP contribution in [0.2, 0.25) is 0 Å². The van der Waals surface area contributed by atoms with Crippen molar-refractivity contribution in [3.63, 3.8) is 0 Å². The summed E-state index contributed by atoms with van der Waals surface area (Å²) >= 11 is 1.82. The molecule has 0 unspecified atom stereocenters. The molecule has 1 amide bonds. The van der Waals surface area contributed by atoms with Gasteiger partial charge in [0.1, 0.15) is 0 Å². The van der Waals surface area contributed by atoms with E-state index < -0.39 is 0 Å². The summed E-state index contributed by atoms with van der Waals surface area (Å²) in [7, 11) is 0. The first-order valence-corrected chi connectivity index (χ1v) is 11.9. The van der Waals surface area contributed by atoms with Crippen molar-refractivity contribution >= 4 is 28.1 Å². The molecule has 0 saturated carbocycles. The van der Waals surface area contributed by atoms with Crippen LogP contribution in [0.15, 0.2) is 53.9 Å². The number of amides is 1. The SMILES string of the molecule is C[C@@H](N[C@@H]1CCCc2c1[nH]c1ccc(-c3ccc4c(c3)CNC4=O)cc21)c1cccs1. The first-order chi connectivity index (χ1) is 15.2. The minimum absolute atomic E-state index is 0.0343. The molecule has 2 atom stereocenters. The van der Waals surface area contributed by atoms with E-state index in [0.717, 1.165) is 24.0 Å². The molecule has 6 rings (SSSR count). The maximum absolute atomic E-state index is 11.9. The Balaban J connectivity index is 1.35. The standard InChI is InChI=1S/C26H25N3OS/c1-15(24-6-3-11-31-24)28-23-5-2-4-20-21-13-17(8-10-22(21)29-25(20)23)16-7-9-19-18(12-16)14-27-26(19)30/h3,6-13,15,23,28-29H,2,4-5,14H2,1H3,(H,27,30)/t15-,23-/m1/s1. The number of H-pyrrole nitrogens is 1. The van der Waals surface area contributed by atoms with Crippen LogP contribution >= 0.6 is 11.3 Å². The van der Waals surface area contributed by atoms with Crippen LogP contribution in [0.25, 0.3) is 22.0 Å². The van der Waals surface area contributed by atoms with Crippen molar-refractivity contribution in [1.29, 1.82) is 0 Å². The lowest BCUT2D eigenvalue weighted by molar-refractivity contribution is 0.0966. The fraction of sp³-hybridized carbons (Fsp3) is 0.269. The number of aromatic nitrogens is 1. The highest BCUT2D eigenvalue weighted by Gasteiger charge is 2.26. The molecule has 1 aliphatic carbocycles. The molecule has 0 radical (unpaired) electrons. The van der Waals surface area contributed by atoms with Gasteiger partial charge in [0, 0.05) is 45.7 Å². The lowest BCUT2D eigenvalue weighted by Gasteiger charge is -2.27. The van der Waals surface area contributed by atoms with Gasteiger partial charge in [-0.1, -0.05) is 18.2 Å². The van der Waals surface area contributed by atoms with E-state index in [1.54, 1.807) is 0 Å². The van der Waals surface area contributed by atoms with Crippen LogP contribution in [0.5, 0.6) is 0 Å². The van der Waals surface area contributed by atoms with Crippen LogP contribution in [0.1, 0.15) is 63.9 Å². The second-order valence-electron chi connectivity index (χ2n) is 8.68. The summed E-state index contributed by atoms with van der Waals surface area (Å²) in [6.45, 7) is 2.88. The lowest BCUT2D eigenvalue weighted by atomic mass is 9.90. The van der Waals surface area contributed by atoms with Gasteiger partial charge in [-0.25, -0.2) is 0 Å². The number of aromatic amines is 1. The molecule has 2 aromatic carbocycles. The highest BCUT2D eigenvalue weighted by atomic mass is 32.1. The molecule has 3 heterocycles. The molecule has 4 nitrogen and oxygen atoms in total. The van der Waals surface area contributed by atoms with Crippen LogP contribution in [0, 0.1) is 0 Å². The van der Waals surface area contributed by atoms with Crippen LogP contribution in [-0.4, -0.2) is 10.9 Å². The summed E-state index contributed by atoms with van der Waals surface area (Å²) < 4.78 is 0. The highest BCUT2D eigenvalue weighted by molar-refractivity contribution is 7.10. The van der Waals surface area contributed by atoms with Crippen molar-refractivity contribution in [3.05, 3.63) is 81.2 Å². The molecule has 0 fully saturated rings. The summed E-state index contributed by atoms with van der Waals surface area (Å²) in [6, 6.07) is 17.9. The van der Waals surface area contributed by atoms with E-state index in [1.807, 2.05) is 17.4 Å². The van der Waals surface area contributed by atoms with Gasteiger partial charge in [-0.3, -0.25) is 4.79 Å². The monoisotopic (exact) mass is 427 g/mol. The Morgan fingerprint density at radius 3 is 2.87 bits per heavy atom. The Bertz CT molecular complexity index is 1290. The second-order valence-corrected chi connectivity index (χ2v) is 9.66. The molecule has 3 N–H and O–H groups in total. The molecule has 0 bridgehead atoms. The number of benzene rings is 2. The molecule has 31 heavy (non-hydrogen) atoms. The number of thiophene rings is 1. The van der Waals surface area contributed by atoms with E-state index in [2.05, 4.69) is 70.4 Å². The molecule has 2 aromatic heterocycles. The lowest BCUT2D eigenvalue weighted by Crippen LogP contribution is -2.27. The fourth-order valence-electron chi connectivity index (χ4n) is 5.14. The third-order valence-corrected chi connectivity index (χ3v) is 7.81. The van der Waals surface area contributed by atoms with E-state index >= 15 is 0 Å². The highest BCUT2D eigenvalue weighted by Crippen LogP contribution is 2.38. The summed E-state index contributed by atoms with van der Waals surface area (Å²) in [5, 5.41) is 10.2. The number of hydrogen-bond donors (Lipinski definition) is 3. The Morgan fingerprint density at radius 2 is 2.00 bits per heavy atom. The molecule has 156 valence electrons. The van der Waals surface area contributed by atoms with E-state index in [0.29, 0.717) is 18.6 Å². The Kier molecular flexibility index (Phi) is 4.47. The van der Waals surface area contributed by atoms with Gasteiger partial charge in [0.2, 0.25) is 0 Å². The predicted molar refractivity (Wildman–Crippen MR) is 126 cm³/mol. The molecule has 5 heteroatoms. The van der Waals surface area contributed by atoms with Gasteiger partial charge in [0.15, 0.2) is 0 Å². The topological polar surface area (TPSA) is 56.9 Å². The van der Waals surface area contributed by atoms with Crippen LogP contribution in [0.4, 0.5) is 0 Å². The predicted octanol–water partition coefficient (Wildman–Crippen LogP) is 5.87. The number of nitrogens with one attached hydrogen (secondary N) is 3. The average molecular weight is 428 g/mol. The van der Waals surface area contributed by atoms with Crippen molar-refractivity contribution in [2.24, 2.45) is 0 Å². The summed E-state index contributed by atoms with van der Waals surface area (Å²) in [5.41, 5.74) is 8.29. The number of aryl methyl sites for hydroxylation is 1. The third-order valence-electron chi connectivity index (χ3n) is 6.75. The summed E-state index contributed by atoms with van der Waals surface area (Å²) in [6.07, 6.45) is 3.48.